The summed E-state index contributed by atoms with van der Waals surface area (Å²) in [6.07, 6.45) is 8.22. The van der Waals surface area contributed by atoms with E-state index in [0.717, 1.165) is 17.0 Å². The highest BCUT2D eigenvalue weighted by atomic mass is 16.6. The van der Waals surface area contributed by atoms with E-state index >= 15 is 0 Å². The lowest BCUT2D eigenvalue weighted by atomic mass is 10.1. The molecule has 5 N–H and O–H groups in total. The SMILES string of the molecule is CCn1cc(C)cc1C(=O)Nc1nc2cc(C(N)=O)cc(OCCOCCOCCC(=O)OC(C)(C)C)c2n1C/C=C/Cn1c2nc(-c3cc(C)nn3CC)ncc2c2cc(C(N)=O)cc(OCCCOC)c21. The molecule has 21 nitrogen and oxygen atoms in total. The molecule has 0 bridgehead atoms. The molecule has 7 aromatic rings. The van der Waals surface area contributed by atoms with Gasteiger partial charge in [-0.25, -0.2) is 15.0 Å². The third-order valence-electron chi connectivity index (χ3n) is 11.5. The number of carbonyl (C=O) groups excluding carboxylic acids is 4. The number of allylic oxidation sites excluding steroid dienone is 2. The summed E-state index contributed by atoms with van der Waals surface area (Å²) >= 11 is 0. The van der Waals surface area contributed by atoms with Gasteiger partial charge in [-0.2, -0.15) is 5.10 Å². The molecule has 0 aliphatic heterocycles. The van der Waals surface area contributed by atoms with Crippen LogP contribution >= 0.6 is 0 Å². The lowest BCUT2D eigenvalue weighted by molar-refractivity contribution is -0.156. The van der Waals surface area contributed by atoms with Crippen molar-refractivity contribution in [2.24, 2.45) is 11.5 Å². The van der Waals surface area contributed by atoms with Crippen LogP contribution in [0.3, 0.4) is 0 Å². The Bertz CT molecular complexity index is 3160. The smallest absolute Gasteiger partial charge is 0.308 e. The number of nitrogens with two attached hydrogens (primary N) is 2. The van der Waals surface area contributed by atoms with Gasteiger partial charge in [0, 0.05) is 80.6 Å². The van der Waals surface area contributed by atoms with E-state index in [1.807, 2.05) is 86.7 Å². The van der Waals surface area contributed by atoms with Gasteiger partial charge < -0.3 is 53.6 Å². The van der Waals surface area contributed by atoms with Crippen LogP contribution in [0.5, 0.6) is 11.5 Å². The molecule has 0 saturated heterocycles. The first-order chi connectivity index (χ1) is 35.0. The third kappa shape index (κ3) is 12.9. The molecule has 7 rings (SSSR count). The fourth-order valence-corrected chi connectivity index (χ4v) is 8.34. The summed E-state index contributed by atoms with van der Waals surface area (Å²) < 4.78 is 42.1. The van der Waals surface area contributed by atoms with Crippen LogP contribution in [0.15, 0.2) is 60.9 Å². The number of esters is 1. The maximum absolute atomic E-state index is 14.0. The van der Waals surface area contributed by atoms with Crippen molar-refractivity contribution in [3.63, 3.8) is 0 Å². The Morgan fingerprint density at radius 1 is 0.753 bits per heavy atom. The van der Waals surface area contributed by atoms with E-state index in [1.165, 1.54) is 0 Å². The summed E-state index contributed by atoms with van der Waals surface area (Å²) in [6.45, 7) is 16.5. The number of hydrogen-bond donors (Lipinski definition) is 3. The molecule has 388 valence electrons. The van der Waals surface area contributed by atoms with Crippen LogP contribution in [0, 0.1) is 13.8 Å². The minimum Gasteiger partial charge on any atom is -0.491 e. The highest BCUT2D eigenvalue weighted by Gasteiger charge is 2.24. The number of aryl methyl sites for hydroxylation is 4. The van der Waals surface area contributed by atoms with Crippen LogP contribution in [0.25, 0.3) is 44.5 Å². The monoisotopic (exact) mass is 1000 g/mol. The van der Waals surface area contributed by atoms with Crippen molar-refractivity contribution in [1.29, 1.82) is 0 Å². The van der Waals surface area contributed by atoms with E-state index in [-0.39, 0.29) is 87.2 Å². The number of fused-ring (bicyclic) bond motifs is 4. The van der Waals surface area contributed by atoms with Crippen molar-refractivity contribution >= 4 is 62.6 Å². The Morgan fingerprint density at radius 3 is 2.11 bits per heavy atom. The largest absolute Gasteiger partial charge is 0.491 e. The molecule has 73 heavy (non-hydrogen) atoms. The zero-order valence-electron chi connectivity index (χ0n) is 42.8. The standard InChI is InChI=1S/C52H65N11O10/c1-9-60-31-32(3)24-40(60)50(67)58-51-56-38-27-35(47(54)66)29-42(72-23-22-70-21-20-69-19-14-43(64)73-52(5,6)7)45(38)62(51)16-12-11-15-61-44-36(26-34(46(53)65)28-41(44)71-18-13-17-68-8)37-30-55-48(57-49(37)61)39-25-33(4)59-63(39)10-2/h11-12,24-31H,9-10,13-23H2,1-8H3,(H2,53,65)(H2,54,66)(H,56,58,67)/b12-11+. The lowest BCUT2D eigenvalue weighted by Gasteiger charge is -2.19. The summed E-state index contributed by atoms with van der Waals surface area (Å²) in [4.78, 5) is 66.1. The minimum absolute atomic E-state index is 0.0742. The predicted octanol–water partition coefficient (Wildman–Crippen LogP) is 6.52. The minimum atomic E-state index is -0.694. The van der Waals surface area contributed by atoms with E-state index in [1.54, 1.807) is 48.2 Å². The number of methoxy groups -OCH3 is 1. The second kappa shape index (κ2) is 23.7. The summed E-state index contributed by atoms with van der Waals surface area (Å²) in [7, 11) is 1.62. The molecule has 3 amide bonds. The Morgan fingerprint density at radius 2 is 1.42 bits per heavy atom. The van der Waals surface area contributed by atoms with Crippen molar-refractivity contribution < 1.29 is 47.6 Å². The number of benzene rings is 2. The fraction of sp³-hybridized carbons (Fsp3) is 0.423. The number of amides is 3. The Kier molecular flexibility index (Phi) is 17.3. The first kappa shape index (κ1) is 53.2. The predicted molar refractivity (Wildman–Crippen MR) is 275 cm³/mol. The first-order valence-electron chi connectivity index (χ1n) is 24.3. The fourth-order valence-electron chi connectivity index (χ4n) is 8.34. The number of hydrogen-bond acceptors (Lipinski definition) is 14. The van der Waals surface area contributed by atoms with Crippen LogP contribution in [-0.2, 0) is 49.9 Å². The summed E-state index contributed by atoms with van der Waals surface area (Å²) in [5.74, 6) is -0.661. The zero-order valence-corrected chi connectivity index (χ0v) is 42.8. The maximum atomic E-state index is 14.0. The molecule has 0 saturated carbocycles. The number of anilines is 1. The zero-order chi connectivity index (χ0) is 52.4. The molecule has 0 unspecified atom stereocenters. The van der Waals surface area contributed by atoms with Crippen molar-refractivity contribution in [2.75, 3.05) is 58.7 Å². The molecule has 0 aliphatic rings. The average Bonchev–Trinajstić information content (AvgIpc) is 4.11. The van der Waals surface area contributed by atoms with E-state index in [2.05, 4.69) is 10.4 Å². The molecule has 2 aromatic carbocycles. The molecule has 0 radical (unpaired) electrons. The normalized spacial score (nSPS) is 11.9. The van der Waals surface area contributed by atoms with Crippen molar-refractivity contribution in [1.82, 2.24) is 38.4 Å². The summed E-state index contributed by atoms with van der Waals surface area (Å²) in [6, 6.07) is 10.2. The lowest BCUT2D eigenvalue weighted by Crippen LogP contribution is -2.24. The Hall–Kier alpha value is -7.62. The number of nitrogens with one attached hydrogen (secondary N) is 1. The number of nitrogens with zero attached hydrogens (tertiary/aromatic N) is 8. The van der Waals surface area contributed by atoms with Crippen molar-refractivity contribution in [3.8, 4) is 23.0 Å². The molecular weight excluding hydrogens is 939 g/mol. The van der Waals surface area contributed by atoms with Gasteiger partial charge in [0.05, 0.1) is 56.2 Å². The van der Waals surface area contributed by atoms with Crippen LogP contribution in [-0.4, -0.2) is 121 Å². The second-order valence-corrected chi connectivity index (χ2v) is 18.2. The number of primary amides is 2. The van der Waals surface area contributed by atoms with Gasteiger partial charge in [-0.05, 0) is 90.4 Å². The molecular formula is C52H65N11O10. The molecule has 0 atom stereocenters. The topological polar surface area (TPSA) is 259 Å². The maximum Gasteiger partial charge on any atom is 0.308 e. The molecule has 0 fully saturated rings. The quantitative estimate of drug-likeness (QED) is 0.0297. The number of carbonyl (C=O) groups is 4. The number of ether oxygens (including phenoxy) is 6. The van der Waals surface area contributed by atoms with Gasteiger partial charge in [-0.3, -0.25) is 29.2 Å². The van der Waals surface area contributed by atoms with E-state index in [4.69, 9.17) is 54.8 Å². The van der Waals surface area contributed by atoms with Gasteiger partial charge >= 0.3 is 5.97 Å². The third-order valence-corrected chi connectivity index (χ3v) is 11.5. The van der Waals surface area contributed by atoms with Crippen LogP contribution < -0.4 is 26.3 Å². The molecule has 0 spiro atoms. The molecule has 5 heterocycles. The Balaban J connectivity index is 1.23. The Labute approximate surface area is 422 Å². The highest BCUT2D eigenvalue weighted by Crippen LogP contribution is 2.37. The van der Waals surface area contributed by atoms with Gasteiger partial charge in [0.2, 0.25) is 17.8 Å². The van der Waals surface area contributed by atoms with Gasteiger partial charge in [-0.1, -0.05) is 12.2 Å². The average molecular weight is 1000 g/mol. The van der Waals surface area contributed by atoms with Crippen LogP contribution in [0.4, 0.5) is 5.95 Å². The van der Waals surface area contributed by atoms with E-state index < -0.39 is 17.4 Å². The van der Waals surface area contributed by atoms with Gasteiger partial charge in [-0.15, -0.1) is 0 Å². The number of aromatic nitrogens is 8. The second-order valence-electron chi connectivity index (χ2n) is 18.2. The van der Waals surface area contributed by atoms with Gasteiger partial charge in [0.1, 0.15) is 46.3 Å². The summed E-state index contributed by atoms with van der Waals surface area (Å²) in [5.41, 5.74) is 16.5. The van der Waals surface area contributed by atoms with Crippen LogP contribution in [0.2, 0.25) is 0 Å². The number of rotatable bonds is 26. The van der Waals surface area contributed by atoms with E-state index in [9.17, 15) is 19.2 Å². The molecule has 21 heteroatoms. The summed E-state index contributed by atoms with van der Waals surface area (Å²) in [5, 5.41) is 8.98. The molecule has 5 aromatic heterocycles. The number of imidazole rings is 1. The van der Waals surface area contributed by atoms with Gasteiger partial charge in [0.15, 0.2) is 5.82 Å². The van der Waals surface area contributed by atoms with Gasteiger partial charge in [0.25, 0.3) is 5.91 Å². The van der Waals surface area contributed by atoms with E-state index in [0.29, 0.717) is 83.0 Å². The molecule has 0 aliphatic carbocycles. The highest BCUT2D eigenvalue weighted by molar-refractivity contribution is 6.12. The van der Waals surface area contributed by atoms with Crippen molar-refractivity contribution in [3.05, 3.63) is 89.0 Å². The first-order valence-corrected chi connectivity index (χ1v) is 24.3. The van der Waals surface area contributed by atoms with Crippen molar-refractivity contribution in [2.45, 2.75) is 93.1 Å². The van der Waals surface area contributed by atoms with Crippen LogP contribution in [0.1, 0.15) is 89.9 Å².